The molecule has 0 unspecified atom stereocenters. The van der Waals surface area contributed by atoms with Crippen molar-refractivity contribution >= 4 is 5.91 Å². The maximum atomic E-state index is 13.1. The van der Waals surface area contributed by atoms with Gasteiger partial charge in [0, 0.05) is 19.3 Å². The van der Waals surface area contributed by atoms with E-state index < -0.39 is 11.9 Å². The molecule has 5 nitrogen and oxygen atoms in total. The Hall–Kier alpha value is -2.34. The van der Waals surface area contributed by atoms with E-state index in [1.807, 2.05) is 18.0 Å². The summed E-state index contributed by atoms with van der Waals surface area (Å²) in [6, 6.07) is 5.31. The molecule has 2 heterocycles. The van der Waals surface area contributed by atoms with Crippen molar-refractivity contribution in [1.29, 1.82) is 0 Å². The number of carbonyl (C=O) groups excluding carboxylic acids is 1. The normalized spacial score (nSPS) is 16.1. The number of hydrogen-bond donors (Lipinski definition) is 1. The predicted molar refractivity (Wildman–Crippen MR) is 79.2 cm³/mol. The first-order chi connectivity index (χ1) is 10.5. The molecule has 0 bridgehead atoms. The summed E-state index contributed by atoms with van der Waals surface area (Å²) in [6.07, 6.45) is 2.60. The van der Waals surface area contributed by atoms with Gasteiger partial charge in [0.05, 0.1) is 5.69 Å². The van der Waals surface area contributed by atoms with Gasteiger partial charge in [0.25, 0.3) is 0 Å². The zero-order valence-corrected chi connectivity index (χ0v) is 12.3. The smallest absolute Gasteiger partial charge is 0.239 e. The molecule has 0 aliphatic carbocycles. The fourth-order valence-corrected chi connectivity index (χ4v) is 2.84. The Balaban J connectivity index is 1.90. The van der Waals surface area contributed by atoms with Crippen LogP contribution in [-0.2, 0) is 17.8 Å². The average Bonchev–Trinajstić information content (AvgIpc) is 2.49. The summed E-state index contributed by atoms with van der Waals surface area (Å²) in [5, 5.41) is 0. The average molecular weight is 300 g/mol. The number of aromatic nitrogens is 2. The summed E-state index contributed by atoms with van der Waals surface area (Å²) in [5.41, 5.74) is 8.30. The van der Waals surface area contributed by atoms with Crippen molar-refractivity contribution in [2.75, 3.05) is 6.54 Å². The molecule has 1 aliphatic rings. The molecular weight excluding hydrogens is 283 g/mol. The van der Waals surface area contributed by atoms with E-state index in [1.54, 1.807) is 12.1 Å². The third kappa shape index (κ3) is 2.82. The van der Waals surface area contributed by atoms with Crippen LogP contribution in [0.15, 0.2) is 30.5 Å². The second-order valence-corrected chi connectivity index (χ2v) is 5.47. The second-order valence-electron chi connectivity index (χ2n) is 5.47. The highest BCUT2D eigenvalue weighted by Gasteiger charge is 2.29. The zero-order chi connectivity index (χ0) is 15.7. The number of halogens is 1. The summed E-state index contributed by atoms with van der Waals surface area (Å²) in [4.78, 5) is 22.5. The number of hydrogen-bond acceptors (Lipinski definition) is 4. The summed E-state index contributed by atoms with van der Waals surface area (Å²) in [5.74, 6) is -0.0711. The fraction of sp³-hybridized carbons (Fsp3) is 0.312. The monoisotopic (exact) mass is 300 g/mol. The van der Waals surface area contributed by atoms with Gasteiger partial charge < -0.3 is 5.73 Å². The van der Waals surface area contributed by atoms with Gasteiger partial charge in [-0.2, -0.15) is 0 Å². The van der Waals surface area contributed by atoms with Crippen LogP contribution in [0.5, 0.6) is 0 Å². The number of nitrogens with two attached hydrogens (primary N) is 1. The molecule has 114 valence electrons. The van der Waals surface area contributed by atoms with E-state index in [0.29, 0.717) is 24.5 Å². The van der Waals surface area contributed by atoms with Crippen LogP contribution >= 0.6 is 0 Å². The molecule has 0 radical (unpaired) electrons. The lowest BCUT2D eigenvalue weighted by molar-refractivity contribution is -0.123. The number of nitrogens with zero attached hydrogens (tertiary/aromatic N) is 3. The van der Waals surface area contributed by atoms with Crippen LogP contribution in [0.3, 0.4) is 0 Å². The first-order valence-corrected chi connectivity index (χ1v) is 7.15. The van der Waals surface area contributed by atoms with E-state index in [0.717, 1.165) is 17.7 Å². The number of benzene rings is 1. The van der Waals surface area contributed by atoms with Crippen LogP contribution in [0.25, 0.3) is 0 Å². The highest BCUT2D eigenvalue weighted by atomic mass is 19.1. The lowest BCUT2D eigenvalue weighted by atomic mass is 10.00. The third-order valence-corrected chi connectivity index (χ3v) is 3.92. The molecule has 6 heteroatoms. The molecule has 2 N–H and O–H groups in total. The quantitative estimate of drug-likeness (QED) is 0.932. The number of primary amides is 1. The van der Waals surface area contributed by atoms with E-state index >= 15 is 0 Å². The van der Waals surface area contributed by atoms with Crippen molar-refractivity contribution in [2.45, 2.75) is 25.9 Å². The van der Waals surface area contributed by atoms with Crippen molar-refractivity contribution in [3.63, 3.8) is 0 Å². The lowest BCUT2D eigenvalue weighted by Crippen LogP contribution is -2.41. The van der Waals surface area contributed by atoms with Gasteiger partial charge in [0.15, 0.2) is 0 Å². The molecule has 1 atom stereocenters. The van der Waals surface area contributed by atoms with Gasteiger partial charge >= 0.3 is 0 Å². The molecule has 0 saturated carbocycles. The van der Waals surface area contributed by atoms with E-state index in [-0.39, 0.29) is 5.82 Å². The predicted octanol–water partition coefficient (Wildman–Crippen LogP) is 1.51. The molecule has 1 aliphatic heterocycles. The van der Waals surface area contributed by atoms with E-state index in [4.69, 9.17) is 5.73 Å². The van der Waals surface area contributed by atoms with E-state index in [1.165, 1.54) is 12.1 Å². The van der Waals surface area contributed by atoms with Crippen LogP contribution in [0.2, 0.25) is 0 Å². The largest absolute Gasteiger partial charge is 0.368 e. The Bertz CT molecular complexity index is 702. The first kappa shape index (κ1) is 14.6. The van der Waals surface area contributed by atoms with E-state index in [2.05, 4.69) is 9.97 Å². The molecule has 1 amide bonds. The van der Waals surface area contributed by atoms with Gasteiger partial charge in [-0.25, -0.2) is 14.4 Å². The van der Waals surface area contributed by atoms with Crippen LogP contribution in [-0.4, -0.2) is 27.3 Å². The number of fused-ring (bicyclic) bond motifs is 1. The highest BCUT2D eigenvalue weighted by Crippen LogP contribution is 2.27. The lowest BCUT2D eigenvalue weighted by Gasteiger charge is -2.33. The summed E-state index contributed by atoms with van der Waals surface area (Å²) in [6.45, 7) is 3.05. The summed E-state index contributed by atoms with van der Waals surface area (Å²) in [7, 11) is 0. The van der Waals surface area contributed by atoms with Crippen LogP contribution < -0.4 is 5.73 Å². The second kappa shape index (κ2) is 5.81. The fourth-order valence-electron chi connectivity index (χ4n) is 2.84. The van der Waals surface area contributed by atoms with Gasteiger partial charge in [0.1, 0.15) is 17.7 Å². The Labute approximate surface area is 128 Å². The van der Waals surface area contributed by atoms with Crippen molar-refractivity contribution in [3.8, 4) is 0 Å². The zero-order valence-electron chi connectivity index (χ0n) is 12.3. The Morgan fingerprint density at radius 1 is 1.36 bits per heavy atom. The maximum absolute atomic E-state index is 13.1. The van der Waals surface area contributed by atoms with Crippen molar-refractivity contribution in [3.05, 3.63) is 58.9 Å². The standard InChI is InChI=1S/C16H17FN4O/c1-10-19-8-12-6-7-21(9-14(12)20-10)15(16(18)22)11-2-4-13(17)5-3-11/h2-5,8,15H,6-7,9H2,1H3,(H2,18,22)/t15-/m0/s1. The van der Waals surface area contributed by atoms with Gasteiger partial charge in [-0.15, -0.1) is 0 Å². The Kier molecular flexibility index (Phi) is 3.85. The first-order valence-electron chi connectivity index (χ1n) is 7.15. The highest BCUT2D eigenvalue weighted by molar-refractivity contribution is 5.81. The topological polar surface area (TPSA) is 72.1 Å². The van der Waals surface area contributed by atoms with Crippen LogP contribution in [0, 0.1) is 12.7 Å². The summed E-state index contributed by atoms with van der Waals surface area (Å²) < 4.78 is 13.1. The minimum Gasteiger partial charge on any atom is -0.368 e. The van der Waals surface area contributed by atoms with Crippen LogP contribution in [0.1, 0.15) is 28.7 Å². The molecule has 1 aromatic carbocycles. The molecule has 0 fully saturated rings. The molecule has 1 aromatic heterocycles. The number of amides is 1. The number of aryl methyl sites for hydroxylation is 1. The third-order valence-electron chi connectivity index (χ3n) is 3.92. The van der Waals surface area contributed by atoms with E-state index in [9.17, 15) is 9.18 Å². The maximum Gasteiger partial charge on any atom is 0.239 e. The molecular formula is C16H17FN4O. The molecule has 0 saturated heterocycles. The number of rotatable bonds is 3. The summed E-state index contributed by atoms with van der Waals surface area (Å²) >= 11 is 0. The van der Waals surface area contributed by atoms with Crippen molar-refractivity contribution in [1.82, 2.24) is 14.9 Å². The van der Waals surface area contributed by atoms with Gasteiger partial charge in [-0.05, 0) is 36.6 Å². The van der Waals surface area contributed by atoms with Gasteiger partial charge in [0.2, 0.25) is 5.91 Å². The molecule has 22 heavy (non-hydrogen) atoms. The molecule has 3 rings (SSSR count). The van der Waals surface area contributed by atoms with Crippen LogP contribution in [0.4, 0.5) is 4.39 Å². The molecule has 2 aromatic rings. The number of carbonyl (C=O) groups is 1. The molecule has 0 spiro atoms. The van der Waals surface area contributed by atoms with Crippen molar-refractivity contribution < 1.29 is 9.18 Å². The van der Waals surface area contributed by atoms with Gasteiger partial charge in [-0.3, -0.25) is 9.69 Å². The van der Waals surface area contributed by atoms with Gasteiger partial charge in [-0.1, -0.05) is 12.1 Å². The minimum atomic E-state index is -0.580. The van der Waals surface area contributed by atoms with Crippen molar-refractivity contribution in [2.24, 2.45) is 5.73 Å². The Morgan fingerprint density at radius 3 is 2.77 bits per heavy atom. The Morgan fingerprint density at radius 2 is 2.09 bits per heavy atom. The minimum absolute atomic E-state index is 0.334. The SMILES string of the molecule is Cc1ncc2c(n1)CN([C@H](C(N)=O)c1ccc(F)cc1)CC2.